The van der Waals surface area contributed by atoms with Crippen molar-refractivity contribution in [3.05, 3.63) is 107 Å². The molecule has 0 spiro atoms. The number of amides is 1. The molecule has 1 aliphatic carbocycles. The van der Waals surface area contributed by atoms with Gasteiger partial charge in [-0.1, -0.05) is 72.8 Å². The number of hydrogen-bond donors (Lipinski definition) is 1. The van der Waals surface area contributed by atoms with Gasteiger partial charge in [-0.25, -0.2) is 4.79 Å². The van der Waals surface area contributed by atoms with Crippen molar-refractivity contribution < 1.29 is 18.8 Å². The Morgan fingerprint density at radius 2 is 1.50 bits per heavy atom. The maximum Gasteiger partial charge on any atom is 0.492 e. The third kappa shape index (κ3) is 4.80. The minimum absolute atomic E-state index is 0.000516. The number of rotatable bonds is 6. The third-order valence-corrected chi connectivity index (χ3v) is 8.36. The molecule has 0 unspecified atom stereocenters. The van der Waals surface area contributed by atoms with Gasteiger partial charge in [0.15, 0.2) is 0 Å². The molecule has 0 atom stereocenters. The number of ether oxygens (including phenoxy) is 1. The Hall–Kier alpha value is -3.94. The van der Waals surface area contributed by atoms with Crippen LogP contribution in [-0.2, 0) is 14.0 Å². The Balaban J connectivity index is 1.21. The topological polar surface area (TPSA) is 69.7 Å². The van der Waals surface area contributed by atoms with Crippen LogP contribution in [0.2, 0.25) is 0 Å². The monoisotopic (exact) mass is 532 g/mol. The second-order valence-corrected chi connectivity index (χ2v) is 11.4. The molecule has 1 aromatic heterocycles. The van der Waals surface area contributed by atoms with Gasteiger partial charge < -0.3 is 19.4 Å². The average molecular weight is 532 g/mol. The van der Waals surface area contributed by atoms with E-state index in [9.17, 15) is 4.79 Å². The summed E-state index contributed by atoms with van der Waals surface area (Å²) >= 11 is 0. The second kappa shape index (κ2) is 10.2. The minimum Gasteiger partial charge on any atom is -0.449 e. The number of pyridine rings is 1. The molecule has 3 aromatic carbocycles. The van der Waals surface area contributed by atoms with Crippen molar-refractivity contribution >= 4 is 30.2 Å². The summed E-state index contributed by atoms with van der Waals surface area (Å²) in [5.41, 5.74) is 6.40. The zero-order valence-corrected chi connectivity index (χ0v) is 23.3. The predicted molar refractivity (Wildman–Crippen MR) is 159 cm³/mol. The molecule has 40 heavy (non-hydrogen) atoms. The number of hydrogen-bond acceptors (Lipinski definition) is 5. The van der Waals surface area contributed by atoms with Crippen LogP contribution in [-0.4, -0.2) is 42.5 Å². The van der Waals surface area contributed by atoms with Gasteiger partial charge in [0, 0.05) is 24.0 Å². The van der Waals surface area contributed by atoms with E-state index in [4.69, 9.17) is 14.0 Å². The van der Waals surface area contributed by atoms with Crippen molar-refractivity contribution in [3.8, 4) is 11.1 Å². The van der Waals surface area contributed by atoms with Gasteiger partial charge in [-0.05, 0) is 73.1 Å². The van der Waals surface area contributed by atoms with Crippen LogP contribution in [0.3, 0.4) is 0 Å². The van der Waals surface area contributed by atoms with Crippen LogP contribution in [0.15, 0.2) is 90.5 Å². The Morgan fingerprint density at radius 3 is 2.17 bits per heavy atom. The van der Waals surface area contributed by atoms with Gasteiger partial charge in [-0.15, -0.1) is 0 Å². The summed E-state index contributed by atoms with van der Waals surface area (Å²) in [5.74, 6) is -0.000516. The van der Waals surface area contributed by atoms with E-state index in [1.54, 1.807) is 6.20 Å². The summed E-state index contributed by atoms with van der Waals surface area (Å²) in [4.78, 5) is 17.5. The van der Waals surface area contributed by atoms with Crippen molar-refractivity contribution in [1.82, 2.24) is 10.3 Å². The molecule has 6 nitrogen and oxygen atoms in total. The Bertz CT molecular complexity index is 1550. The van der Waals surface area contributed by atoms with Crippen LogP contribution < -0.4 is 5.32 Å². The number of para-hydroxylation sites is 1. The van der Waals surface area contributed by atoms with Crippen molar-refractivity contribution in [2.24, 2.45) is 0 Å². The lowest BCUT2D eigenvalue weighted by Gasteiger charge is -2.32. The van der Waals surface area contributed by atoms with Crippen LogP contribution in [0, 0.1) is 0 Å². The molecule has 6 rings (SSSR count). The number of carbonyl (C=O) groups is 1. The summed E-state index contributed by atoms with van der Waals surface area (Å²) in [7, 11) is -0.620. The van der Waals surface area contributed by atoms with E-state index in [1.165, 1.54) is 22.3 Å². The Kier molecular flexibility index (Phi) is 6.73. The molecule has 1 saturated heterocycles. The lowest BCUT2D eigenvalue weighted by atomic mass is 9.76. The molecule has 0 saturated carbocycles. The Labute approximate surface area is 235 Å². The zero-order chi connectivity index (χ0) is 27.9. The van der Waals surface area contributed by atoms with E-state index in [0.29, 0.717) is 0 Å². The van der Waals surface area contributed by atoms with Gasteiger partial charge in [-0.3, -0.25) is 4.98 Å². The SMILES string of the molecule is CC1(C)OB(C(=Cc2ccnc3ccccc23)CNC(=O)OCC2c3ccccc3-c3ccccc32)OC1(C)C. The third-order valence-electron chi connectivity index (χ3n) is 8.36. The first-order valence-electron chi connectivity index (χ1n) is 13.7. The lowest BCUT2D eigenvalue weighted by Crippen LogP contribution is -2.41. The smallest absolute Gasteiger partial charge is 0.449 e. The number of carbonyl (C=O) groups excluding carboxylic acids is 1. The highest BCUT2D eigenvalue weighted by molar-refractivity contribution is 6.56. The number of alkyl carbamates (subject to hydrolysis) is 1. The number of benzene rings is 3. The summed E-state index contributed by atoms with van der Waals surface area (Å²) in [5, 5.41) is 3.96. The van der Waals surface area contributed by atoms with Crippen LogP contribution in [0.5, 0.6) is 0 Å². The highest BCUT2D eigenvalue weighted by Crippen LogP contribution is 2.44. The molecule has 1 fully saturated rings. The molecular weight excluding hydrogens is 499 g/mol. The standard InChI is InChI=1S/C33H33BN2O4/c1-32(2)33(3,4)40-34(39-32)23(19-22-17-18-35-30-16-10-9-11-24(22)30)20-36-31(37)38-21-29-27-14-7-5-12-25(27)26-13-6-8-15-28(26)29/h5-19,29H,20-21H2,1-4H3,(H,36,37). The Morgan fingerprint density at radius 1 is 0.900 bits per heavy atom. The molecule has 1 amide bonds. The molecule has 7 heteroatoms. The van der Waals surface area contributed by atoms with Gasteiger partial charge in [0.05, 0.1) is 16.7 Å². The zero-order valence-electron chi connectivity index (χ0n) is 23.3. The van der Waals surface area contributed by atoms with E-state index in [1.807, 2.05) is 88.4 Å². The largest absolute Gasteiger partial charge is 0.492 e. The van der Waals surface area contributed by atoms with Gasteiger partial charge >= 0.3 is 13.2 Å². The molecule has 202 valence electrons. The maximum atomic E-state index is 13.0. The average Bonchev–Trinajstić information content (AvgIpc) is 3.38. The van der Waals surface area contributed by atoms with Gasteiger partial charge in [0.25, 0.3) is 0 Å². The molecule has 2 aliphatic rings. The number of nitrogens with zero attached hydrogens (tertiary/aromatic N) is 1. The van der Waals surface area contributed by atoms with Gasteiger partial charge in [-0.2, -0.15) is 0 Å². The lowest BCUT2D eigenvalue weighted by molar-refractivity contribution is 0.00578. The van der Waals surface area contributed by atoms with Crippen molar-refractivity contribution in [2.45, 2.75) is 44.8 Å². The second-order valence-electron chi connectivity index (χ2n) is 11.4. The van der Waals surface area contributed by atoms with Crippen LogP contribution in [0.1, 0.15) is 50.3 Å². The van der Waals surface area contributed by atoms with E-state index in [0.717, 1.165) is 21.9 Å². The molecule has 0 bridgehead atoms. The van der Waals surface area contributed by atoms with E-state index in [2.05, 4.69) is 34.6 Å². The fraction of sp³-hybridized carbons (Fsp3) is 0.273. The van der Waals surface area contributed by atoms with Gasteiger partial charge in [0.2, 0.25) is 0 Å². The summed E-state index contributed by atoms with van der Waals surface area (Å²) in [6, 6.07) is 26.6. The van der Waals surface area contributed by atoms with Crippen molar-refractivity contribution in [3.63, 3.8) is 0 Å². The number of nitrogens with one attached hydrogen (secondary N) is 1. The first-order valence-corrected chi connectivity index (χ1v) is 13.7. The highest BCUT2D eigenvalue weighted by atomic mass is 16.7. The fourth-order valence-electron chi connectivity index (χ4n) is 5.46. The highest BCUT2D eigenvalue weighted by Gasteiger charge is 2.52. The van der Waals surface area contributed by atoms with E-state index in [-0.39, 0.29) is 19.1 Å². The number of aromatic nitrogens is 1. The van der Waals surface area contributed by atoms with E-state index >= 15 is 0 Å². The first-order chi connectivity index (χ1) is 19.2. The molecule has 0 radical (unpaired) electrons. The number of fused-ring (bicyclic) bond motifs is 4. The van der Waals surface area contributed by atoms with Crippen LogP contribution >= 0.6 is 0 Å². The van der Waals surface area contributed by atoms with E-state index < -0.39 is 24.4 Å². The molecule has 2 heterocycles. The molecular formula is C33H33BN2O4. The van der Waals surface area contributed by atoms with Crippen molar-refractivity contribution in [2.75, 3.05) is 13.2 Å². The first kappa shape index (κ1) is 26.3. The van der Waals surface area contributed by atoms with Gasteiger partial charge in [0.1, 0.15) is 6.61 Å². The minimum atomic E-state index is -0.620. The van der Waals surface area contributed by atoms with Crippen LogP contribution in [0.4, 0.5) is 4.79 Å². The molecule has 1 aliphatic heterocycles. The van der Waals surface area contributed by atoms with Crippen LogP contribution in [0.25, 0.3) is 28.1 Å². The fourth-order valence-corrected chi connectivity index (χ4v) is 5.46. The molecule has 4 aromatic rings. The summed E-state index contributed by atoms with van der Waals surface area (Å²) in [6.07, 6.45) is 3.33. The maximum absolute atomic E-state index is 13.0. The predicted octanol–water partition coefficient (Wildman–Crippen LogP) is 6.79. The molecule has 1 N–H and O–H groups in total. The quantitative estimate of drug-likeness (QED) is 0.277. The summed E-state index contributed by atoms with van der Waals surface area (Å²) < 4.78 is 18.5. The van der Waals surface area contributed by atoms with Crippen molar-refractivity contribution in [1.29, 1.82) is 0 Å². The normalized spacial score (nSPS) is 17.5. The summed E-state index contributed by atoms with van der Waals surface area (Å²) in [6.45, 7) is 8.54.